The highest BCUT2D eigenvalue weighted by molar-refractivity contribution is 5.71. The third-order valence-electron chi connectivity index (χ3n) is 12.8. The van der Waals surface area contributed by atoms with Crippen LogP contribution in [0.15, 0.2) is 97.2 Å². The van der Waals surface area contributed by atoms with E-state index in [-0.39, 0.29) is 37.5 Å². The summed E-state index contributed by atoms with van der Waals surface area (Å²) in [7, 11) is 0. The summed E-state index contributed by atoms with van der Waals surface area (Å²) in [5.41, 5.74) is 0. The maximum absolute atomic E-state index is 12.9. The van der Waals surface area contributed by atoms with Crippen LogP contribution in [0.3, 0.4) is 0 Å². The number of esters is 3. The molecule has 412 valence electrons. The Hall–Kier alpha value is -3.67. The molecule has 0 aliphatic carbocycles. The van der Waals surface area contributed by atoms with E-state index in [0.29, 0.717) is 19.3 Å². The topological polar surface area (TPSA) is 78.9 Å². The van der Waals surface area contributed by atoms with Gasteiger partial charge in [-0.15, -0.1) is 0 Å². The summed E-state index contributed by atoms with van der Waals surface area (Å²) in [4.78, 5) is 38.2. The zero-order chi connectivity index (χ0) is 52.2. The molecule has 6 heteroatoms. The molecule has 0 heterocycles. The van der Waals surface area contributed by atoms with Gasteiger partial charge in [-0.2, -0.15) is 0 Å². The van der Waals surface area contributed by atoms with Gasteiger partial charge in [0.2, 0.25) is 0 Å². The minimum atomic E-state index is -0.813. The van der Waals surface area contributed by atoms with Crippen molar-refractivity contribution in [2.75, 3.05) is 13.2 Å². The Balaban J connectivity index is 4.41. The van der Waals surface area contributed by atoms with Crippen LogP contribution in [-0.4, -0.2) is 37.2 Å². The van der Waals surface area contributed by atoms with Crippen molar-refractivity contribution in [3.63, 3.8) is 0 Å². The minimum Gasteiger partial charge on any atom is -0.462 e. The van der Waals surface area contributed by atoms with Gasteiger partial charge in [-0.3, -0.25) is 14.4 Å². The molecule has 0 bridgehead atoms. The lowest BCUT2D eigenvalue weighted by Crippen LogP contribution is -2.30. The number of unbranched alkanes of at least 4 members (excludes halogenated alkanes) is 27. The molecule has 0 rings (SSSR count). The smallest absolute Gasteiger partial charge is 0.306 e. The number of carbonyl (C=O) groups excluding carboxylic acids is 3. The summed E-state index contributed by atoms with van der Waals surface area (Å²) in [5, 5.41) is 0. The summed E-state index contributed by atoms with van der Waals surface area (Å²) < 4.78 is 16.8. The van der Waals surface area contributed by atoms with Crippen molar-refractivity contribution < 1.29 is 28.6 Å². The maximum Gasteiger partial charge on any atom is 0.306 e. The first-order valence-electron chi connectivity index (χ1n) is 30.2. The first kappa shape index (κ1) is 68.3. The highest BCUT2D eigenvalue weighted by Gasteiger charge is 2.19. The van der Waals surface area contributed by atoms with Gasteiger partial charge in [0.1, 0.15) is 13.2 Å². The first-order chi connectivity index (χ1) is 35.5. The van der Waals surface area contributed by atoms with Crippen LogP contribution in [0.2, 0.25) is 0 Å². The van der Waals surface area contributed by atoms with Crippen LogP contribution < -0.4 is 0 Å². The van der Waals surface area contributed by atoms with Crippen molar-refractivity contribution in [1.82, 2.24) is 0 Å². The number of ether oxygens (including phenoxy) is 3. The highest BCUT2D eigenvalue weighted by atomic mass is 16.6. The van der Waals surface area contributed by atoms with Gasteiger partial charge in [-0.05, 0) is 109 Å². The largest absolute Gasteiger partial charge is 0.462 e. The average molecular weight is 1000 g/mol. The van der Waals surface area contributed by atoms with E-state index in [9.17, 15) is 14.4 Å². The molecule has 1 atom stereocenters. The normalized spacial score (nSPS) is 12.8. The second kappa shape index (κ2) is 59.9. The van der Waals surface area contributed by atoms with E-state index < -0.39 is 6.10 Å². The fraction of sp³-hybridized carbons (Fsp3) is 0.712. The Morgan fingerprint density at radius 3 is 0.944 bits per heavy atom. The van der Waals surface area contributed by atoms with E-state index in [4.69, 9.17) is 14.2 Å². The summed E-state index contributed by atoms with van der Waals surface area (Å²) in [6.07, 6.45) is 79.9. The molecule has 0 saturated heterocycles. The number of carbonyl (C=O) groups is 3. The summed E-state index contributed by atoms with van der Waals surface area (Å²) in [6.45, 7) is 6.45. The number of allylic oxidation sites excluding steroid dienone is 16. The lowest BCUT2D eigenvalue weighted by atomic mass is 10.1. The molecule has 0 aromatic heterocycles. The zero-order valence-corrected chi connectivity index (χ0v) is 47.2. The molecular formula is C66H112O6. The molecule has 0 spiro atoms. The highest BCUT2D eigenvalue weighted by Crippen LogP contribution is 2.15. The minimum absolute atomic E-state index is 0.105. The van der Waals surface area contributed by atoms with Crippen molar-refractivity contribution in [3.8, 4) is 0 Å². The van der Waals surface area contributed by atoms with Crippen molar-refractivity contribution in [1.29, 1.82) is 0 Å². The quantitative estimate of drug-likeness (QED) is 0.0261. The molecule has 0 aromatic carbocycles. The lowest BCUT2D eigenvalue weighted by molar-refractivity contribution is -0.166. The maximum atomic E-state index is 12.9. The second-order valence-corrected chi connectivity index (χ2v) is 19.9. The van der Waals surface area contributed by atoms with Crippen LogP contribution >= 0.6 is 0 Å². The van der Waals surface area contributed by atoms with Gasteiger partial charge in [0, 0.05) is 19.3 Å². The summed E-state index contributed by atoms with van der Waals surface area (Å²) >= 11 is 0. The number of hydrogen-bond donors (Lipinski definition) is 0. The van der Waals surface area contributed by atoms with Crippen molar-refractivity contribution in [3.05, 3.63) is 97.2 Å². The summed E-state index contributed by atoms with van der Waals surface area (Å²) in [5.74, 6) is -0.996. The Morgan fingerprint density at radius 1 is 0.292 bits per heavy atom. The average Bonchev–Trinajstić information content (AvgIpc) is 3.38. The molecule has 0 N–H and O–H groups in total. The van der Waals surface area contributed by atoms with E-state index >= 15 is 0 Å². The molecule has 0 aliphatic heterocycles. The molecule has 0 radical (unpaired) electrons. The third-order valence-corrected chi connectivity index (χ3v) is 12.8. The predicted octanol–water partition coefficient (Wildman–Crippen LogP) is 20.5. The molecule has 0 fully saturated rings. The Labute approximate surface area is 445 Å². The SMILES string of the molecule is CC/C=C\C/C=C\C/C=C\C/C=C\CCC(=O)OCC(COC(=O)CCCCCCCCCC/C=C\C/C=C\C/C=C\CCCCCCC)OC(=O)CCCCCCCCC/C=C\CCCCCCCCC. The van der Waals surface area contributed by atoms with Gasteiger partial charge in [0.05, 0.1) is 0 Å². The standard InChI is InChI=1S/C66H112O6/c1-4-7-10-13-16-19-22-25-27-29-31-32-33-34-35-37-38-41-44-47-50-53-56-59-65(68)71-62-63(61-70-64(67)58-55-52-49-46-43-40-24-21-18-15-12-9-6-3)72-66(69)60-57-54-51-48-45-42-39-36-30-28-26-23-20-17-14-11-8-5-2/h9,12,18,21-22,25,28-31,33-34,40,43,49,52,63H,4-8,10-11,13-17,19-20,23-24,26-27,32,35-39,41-42,44-48,50-51,53-62H2,1-3H3/b12-9-,21-18-,25-22-,30-28-,31-29-,34-33-,43-40-,52-49-. The molecule has 0 aliphatic rings. The van der Waals surface area contributed by atoms with Crippen LogP contribution in [0.5, 0.6) is 0 Å². The van der Waals surface area contributed by atoms with Crippen molar-refractivity contribution in [2.24, 2.45) is 0 Å². The third kappa shape index (κ3) is 57.2. The molecule has 0 amide bonds. The molecule has 1 unspecified atom stereocenters. The van der Waals surface area contributed by atoms with Crippen LogP contribution in [0, 0.1) is 0 Å². The Kier molecular flexibility index (Phi) is 56.8. The van der Waals surface area contributed by atoms with Crippen molar-refractivity contribution >= 4 is 17.9 Å². The summed E-state index contributed by atoms with van der Waals surface area (Å²) in [6, 6.07) is 0. The van der Waals surface area contributed by atoms with Crippen LogP contribution in [-0.2, 0) is 28.6 Å². The van der Waals surface area contributed by atoms with Gasteiger partial charge in [-0.25, -0.2) is 0 Å². The van der Waals surface area contributed by atoms with E-state index in [2.05, 4.69) is 112 Å². The van der Waals surface area contributed by atoms with E-state index in [0.717, 1.165) is 83.5 Å². The van der Waals surface area contributed by atoms with Crippen LogP contribution in [0.4, 0.5) is 0 Å². The molecule has 0 saturated carbocycles. The zero-order valence-electron chi connectivity index (χ0n) is 47.2. The predicted molar refractivity (Wildman–Crippen MR) is 311 cm³/mol. The van der Waals surface area contributed by atoms with Gasteiger partial charge in [0.15, 0.2) is 6.10 Å². The first-order valence-corrected chi connectivity index (χ1v) is 30.2. The molecular weight excluding hydrogens is 889 g/mol. The van der Waals surface area contributed by atoms with Gasteiger partial charge in [0.25, 0.3) is 0 Å². The van der Waals surface area contributed by atoms with Crippen LogP contribution in [0.1, 0.15) is 284 Å². The molecule has 72 heavy (non-hydrogen) atoms. The fourth-order valence-electron chi connectivity index (χ4n) is 8.28. The van der Waals surface area contributed by atoms with E-state index in [1.165, 1.54) is 154 Å². The number of hydrogen-bond acceptors (Lipinski definition) is 6. The second-order valence-electron chi connectivity index (χ2n) is 19.9. The van der Waals surface area contributed by atoms with Gasteiger partial charge < -0.3 is 14.2 Å². The van der Waals surface area contributed by atoms with Crippen LogP contribution in [0.25, 0.3) is 0 Å². The van der Waals surface area contributed by atoms with Gasteiger partial charge >= 0.3 is 17.9 Å². The lowest BCUT2D eigenvalue weighted by Gasteiger charge is -2.18. The Bertz CT molecular complexity index is 1430. The number of rotatable bonds is 54. The molecule has 0 aromatic rings. The molecule has 6 nitrogen and oxygen atoms in total. The van der Waals surface area contributed by atoms with E-state index in [1.807, 2.05) is 6.08 Å². The van der Waals surface area contributed by atoms with Gasteiger partial charge in [-0.1, -0.05) is 253 Å². The fourth-order valence-corrected chi connectivity index (χ4v) is 8.28. The van der Waals surface area contributed by atoms with Crippen molar-refractivity contribution in [2.45, 2.75) is 290 Å². The Morgan fingerprint density at radius 2 is 0.569 bits per heavy atom. The van der Waals surface area contributed by atoms with E-state index in [1.54, 1.807) is 0 Å². The monoisotopic (exact) mass is 1000 g/mol.